The molecule has 0 amide bonds. The van der Waals surface area contributed by atoms with E-state index < -0.39 is 11.2 Å². The lowest BCUT2D eigenvalue weighted by molar-refractivity contribution is -0.251. The number of hydrogen-bond acceptors (Lipinski definition) is 2. The molecule has 94 valence electrons. The standard InChI is InChI=1S/C14H26O2/c1-12(2)11-8-6-5-7-10(11)9-13(3,15)14(12,4)16/h10-11,15-16H,5-9H2,1-4H3. The van der Waals surface area contributed by atoms with Gasteiger partial charge in [0.1, 0.15) is 0 Å². The van der Waals surface area contributed by atoms with Crippen molar-refractivity contribution in [3.63, 3.8) is 0 Å². The topological polar surface area (TPSA) is 40.5 Å². The van der Waals surface area contributed by atoms with Gasteiger partial charge in [0, 0.05) is 0 Å². The molecule has 0 heterocycles. The van der Waals surface area contributed by atoms with Gasteiger partial charge in [-0.1, -0.05) is 33.1 Å². The van der Waals surface area contributed by atoms with Gasteiger partial charge < -0.3 is 10.2 Å². The Labute approximate surface area is 99.1 Å². The molecule has 0 saturated heterocycles. The van der Waals surface area contributed by atoms with Gasteiger partial charge in [0.2, 0.25) is 0 Å². The van der Waals surface area contributed by atoms with Gasteiger partial charge in [0.15, 0.2) is 0 Å². The van der Waals surface area contributed by atoms with Crippen molar-refractivity contribution in [2.24, 2.45) is 17.3 Å². The average Bonchev–Trinajstić information content (AvgIpc) is 2.15. The number of hydrogen-bond donors (Lipinski definition) is 2. The highest BCUT2D eigenvalue weighted by atomic mass is 16.4. The summed E-state index contributed by atoms with van der Waals surface area (Å²) >= 11 is 0. The molecule has 0 radical (unpaired) electrons. The quantitative estimate of drug-likeness (QED) is 0.667. The van der Waals surface area contributed by atoms with E-state index in [0.717, 1.165) is 6.42 Å². The molecule has 0 aromatic rings. The van der Waals surface area contributed by atoms with Crippen molar-refractivity contribution < 1.29 is 10.2 Å². The predicted octanol–water partition coefficient (Wildman–Crippen LogP) is 2.72. The van der Waals surface area contributed by atoms with Crippen molar-refractivity contribution in [2.45, 2.75) is 71.0 Å². The molecule has 0 bridgehead atoms. The van der Waals surface area contributed by atoms with Crippen LogP contribution in [0.3, 0.4) is 0 Å². The SMILES string of the molecule is CC1(O)CC2CCCCC2C(C)(C)C1(C)O. The molecule has 0 spiro atoms. The highest BCUT2D eigenvalue weighted by Crippen LogP contribution is 2.58. The molecule has 2 fully saturated rings. The molecule has 2 N–H and O–H groups in total. The Hall–Kier alpha value is -0.0800. The molecule has 2 nitrogen and oxygen atoms in total. The third kappa shape index (κ3) is 1.46. The molecule has 2 saturated carbocycles. The minimum Gasteiger partial charge on any atom is -0.387 e. The van der Waals surface area contributed by atoms with Gasteiger partial charge in [-0.05, 0) is 43.9 Å². The Morgan fingerprint density at radius 2 is 1.50 bits per heavy atom. The van der Waals surface area contributed by atoms with Crippen LogP contribution in [0.2, 0.25) is 0 Å². The van der Waals surface area contributed by atoms with Crippen molar-refractivity contribution in [3.8, 4) is 0 Å². The lowest BCUT2D eigenvalue weighted by Crippen LogP contribution is -2.67. The minimum atomic E-state index is -0.988. The van der Waals surface area contributed by atoms with Crippen molar-refractivity contribution >= 4 is 0 Å². The average molecular weight is 226 g/mol. The van der Waals surface area contributed by atoms with Crippen LogP contribution in [0.5, 0.6) is 0 Å². The van der Waals surface area contributed by atoms with Crippen LogP contribution >= 0.6 is 0 Å². The predicted molar refractivity (Wildman–Crippen MR) is 65.1 cm³/mol. The first-order valence-electron chi connectivity index (χ1n) is 6.65. The maximum Gasteiger partial charge on any atom is 0.0955 e. The molecular weight excluding hydrogens is 200 g/mol. The Morgan fingerprint density at radius 3 is 2.12 bits per heavy atom. The highest BCUT2D eigenvalue weighted by Gasteiger charge is 2.61. The van der Waals surface area contributed by atoms with E-state index in [-0.39, 0.29) is 5.41 Å². The van der Waals surface area contributed by atoms with Crippen LogP contribution in [0.25, 0.3) is 0 Å². The molecule has 0 aromatic heterocycles. The summed E-state index contributed by atoms with van der Waals surface area (Å²) < 4.78 is 0. The third-order valence-corrected chi connectivity index (χ3v) is 5.80. The van der Waals surface area contributed by atoms with E-state index in [0.29, 0.717) is 11.8 Å². The van der Waals surface area contributed by atoms with Crippen molar-refractivity contribution in [1.29, 1.82) is 0 Å². The Bertz CT molecular complexity index is 278. The molecular formula is C14H26O2. The van der Waals surface area contributed by atoms with Crippen LogP contribution in [0, 0.1) is 17.3 Å². The maximum absolute atomic E-state index is 10.7. The Kier molecular flexibility index (Phi) is 2.67. The van der Waals surface area contributed by atoms with E-state index >= 15 is 0 Å². The normalized spacial score (nSPS) is 52.1. The fourth-order valence-corrected chi connectivity index (χ4v) is 4.17. The molecule has 16 heavy (non-hydrogen) atoms. The monoisotopic (exact) mass is 226 g/mol. The number of rotatable bonds is 0. The summed E-state index contributed by atoms with van der Waals surface area (Å²) in [5.41, 5.74) is -2.13. The molecule has 0 aliphatic heterocycles. The van der Waals surface area contributed by atoms with Gasteiger partial charge in [-0.25, -0.2) is 0 Å². The summed E-state index contributed by atoms with van der Waals surface area (Å²) in [5, 5.41) is 21.2. The van der Waals surface area contributed by atoms with E-state index in [1.807, 2.05) is 6.92 Å². The molecule has 2 aliphatic carbocycles. The van der Waals surface area contributed by atoms with Gasteiger partial charge in [-0.2, -0.15) is 0 Å². The molecule has 4 unspecified atom stereocenters. The fraction of sp³-hybridized carbons (Fsp3) is 1.00. The van der Waals surface area contributed by atoms with Gasteiger partial charge in [-0.3, -0.25) is 0 Å². The van der Waals surface area contributed by atoms with Crippen LogP contribution < -0.4 is 0 Å². The van der Waals surface area contributed by atoms with E-state index in [2.05, 4.69) is 13.8 Å². The lowest BCUT2D eigenvalue weighted by atomic mass is 9.48. The first kappa shape index (κ1) is 12.4. The van der Waals surface area contributed by atoms with Crippen LogP contribution in [0.4, 0.5) is 0 Å². The van der Waals surface area contributed by atoms with Crippen molar-refractivity contribution in [3.05, 3.63) is 0 Å². The summed E-state index contributed by atoms with van der Waals surface area (Å²) in [6.07, 6.45) is 5.76. The van der Waals surface area contributed by atoms with Crippen LogP contribution in [0.1, 0.15) is 59.8 Å². The van der Waals surface area contributed by atoms with Crippen LogP contribution in [-0.4, -0.2) is 21.4 Å². The van der Waals surface area contributed by atoms with E-state index in [9.17, 15) is 10.2 Å². The Morgan fingerprint density at radius 1 is 0.938 bits per heavy atom. The first-order chi connectivity index (χ1) is 7.20. The van der Waals surface area contributed by atoms with Crippen molar-refractivity contribution in [2.75, 3.05) is 0 Å². The molecule has 0 aromatic carbocycles. The zero-order valence-corrected chi connectivity index (χ0v) is 11.1. The molecule has 2 aliphatic rings. The second-order valence-corrected chi connectivity index (χ2v) is 6.92. The number of aliphatic hydroxyl groups is 2. The van der Waals surface area contributed by atoms with E-state index in [1.165, 1.54) is 25.7 Å². The maximum atomic E-state index is 10.7. The smallest absolute Gasteiger partial charge is 0.0955 e. The van der Waals surface area contributed by atoms with Crippen LogP contribution in [0.15, 0.2) is 0 Å². The summed E-state index contributed by atoms with van der Waals surface area (Å²) in [6.45, 7) is 7.88. The summed E-state index contributed by atoms with van der Waals surface area (Å²) in [5.74, 6) is 1.16. The van der Waals surface area contributed by atoms with E-state index in [1.54, 1.807) is 6.92 Å². The van der Waals surface area contributed by atoms with Gasteiger partial charge in [0.25, 0.3) is 0 Å². The number of fused-ring (bicyclic) bond motifs is 1. The van der Waals surface area contributed by atoms with Gasteiger partial charge in [-0.15, -0.1) is 0 Å². The van der Waals surface area contributed by atoms with E-state index in [4.69, 9.17) is 0 Å². The first-order valence-corrected chi connectivity index (χ1v) is 6.65. The third-order valence-electron chi connectivity index (χ3n) is 5.80. The second kappa shape index (κ2) is 3.46. The van der Waals surface area contributed by atoms with Gasteiger partial charge >= 0.3 is 0 Å². The molecule has 2 heteroatoms. The largest absolute Gasteiger partial charge is 0.387 e. The zero-order chi connectivity index (χ0) is 12.2. The van der Waals surface area contributed by atoms with Crippen LogP contribution in [-0.2, 0) is 0 Å². The van der Waals surface area contributed by atoms with Crippen molar-refractivity contribution in [1.82, 2.24) is 0 Å². The summed E-state index contributed by atoms with van der Waals surface area (Å²) in [6, 6.07) is 0. The summed E-state index contributed by atoms with van der Waals surface area (Å²) in [7, 11) is 0. The Balaban J connectivity index is 2.37. The highest BCUT2D eigenvalue weighted by molar-refractivity contribution is 5.11. The summed E-state index contributed by atoms with van der Waals surface area (Å²) in [4.78, 5) is 0. The van der Waals surface area contributed by atoms with Gasteiger partial charge in [0.05, 0.1) is 11.2 Å². The fourth-order valence-electron chi connectivity index (χ4n) is 4.17. The second-order valence-electron chi connectivity index (χ2n) is 6.92. The molecule has 2 rings (SSSR count). The minimum absolute atomic E-state index is 0.195. The molecule has 4 atom stereocenters. The zero-order valence-electron chi connectivity index (χ0n) is 11.1. The lowest BCUT2D eigenvalue weighted by Gasteiger charge is -2.61.